The van der Waals surface area contributed by atoms with Gasteiger partial charge < -0.3 is 14.5 Å². The van der Waals surface area contributed by atoms with Gasteiger partial charge >= 0.3 is 0 Å². The first-order chi connectivity index (χ1) is 9.79. The molecule has 1 aromatic carbocycles. The number of methoxy groups -OCH3 is 1. The van der Waals surface area contributed by atoms with Gasteiger partial charge in [-0.15, -0.1) is 0 Å². The number of halogens is 1. The second-order valence-corrected chi connectivity index (χ2v) is 5.94. The number of furan rings is 1. The summed E-state index contributed by atoms with van der Waals surface area (Å²) in [5.74, 6) is 1.12. The lowest BCUT2D eigenvalue weighted by Gasteiger charge is -2.25. The average Bonchev–Trinajstić information content (AvgIpc) is 2.92. The van der Waals surface area contributed by atoms with Crippen molar-refractivity contribution in [2.75, 3.05) is 12.4 Å². The topological polar surface area (TPSA) is 34.4 Å². The summed E-state index contributed by atoms with van der Waals surface area (Å²) >= 11 is 3.60. The number of hydrogen-bond acceptors (Lipinski definition) is 3. The third-order valence-corrected chi connectivity index (χ3v) is 4.53. The zero-order valence-corrected chi connectivity index (χ0v) is 13.1. The quantitative estimate of drug-likeness (QED) is 0.880. The number of anilines is 1. The Bertz CT molecular complexity index is 594. The molecule has 0 aliphatic heterocycles. The predicted molar refractivity (Wildman–Crippen MR) is 82.9 cm³/mol. The first-order valence-electron chi connectivity index (χ1n) is 6.88. The van der Waals surface area contributed by atoms with Gasteiger partial charge in [-0.2, -0.15) is 0 Å². The van der Waals surface area contributed by atoms with Crippen molar-refractivity contribution in [3.8, 4) is 0 Å². The summed E-state index contributed by atoms with van der Waals surface area (Å²) in [5, 5.41) is 3.65. The van der Waals surface area contributed by atoms with Crippen molar-refractivity contribution < 1.29 is 9.15 Å². The summed E-state index contributed by atoms with van der Waals surface area (Å²) in [5.41, 5.74) is 3.57. The number of ether oxygens (including phenoxy) is 1. The molecule has 1 unspecified atom stereocenters. The van der Waals surface area contributed by atoms with E-state index in [4.69, 9.17) is 9.15 Å². The molecule has 1 aliphatic carbocycles. The monoisotopic (exact) mass is 335 g/mol. The molecule has 4 heteroatoms. The molecule has 1 aliphatic rings. The highest BCUT2D eigenvalue weighted by Gasteiger charge is 2.23. The summed E-state index contributed by atoms with van der Waals surface area (Å²) in [4.78, 5) is 0. The molecule has 3 rings (SSSR count). The van der Waals surface area contributed by atoms with Crippen LogP contribution in [-0.4, -0.2) is 7.11 Å². The minimum Gasteiger partial charge on any atom is -0.469 e. The average molecular weight is 336 g/mol. The fourth-order valence-corrected chi connectivity index (χ4v) is 3.29. The van der Waals surface area contributed by atoms with Crippen LogP contribution in [0.1, 0.15) is 35.8 Å². The summed E-state index contributed by atoms with van der Waals surface area (Å²) in [7, 11) is 1.72. The molecule has 1 aromatic heterocycles. The highest BCUT2D eigenvalue weighted by molar-refractivity contribution is 9.10. The molecule has 1 heterocycles. The zero-order valence-electron chi connectivity index (χ0n) is 11.5. The predicted octanol–water partition coefficient (Wildman–Crippen LogP) is 4.68. The second-order valence-electron chi connectivity index (χ2n) is 5.09. The van der Waals surface area contributed by atoms with E-state index in [0.29, 0.717) is 12.6 Å². The van der Waals surface area contributed by atoms with Crippen LogP contribution in [0.3, 0.4) is 0 Å². The number of aryl methyl sites for hydroxylation is 1. The lowest BCUT2D eigenvalue weighted by Crippen LogP contribution is -2.17. The molecule has 0 saturated carbocycles. The highest BCUT2D eigenvalue weighted by atomic mass is 79.9. The van der Waals surface area contributed by atoms with Gasteiger partial charge in [0.15, 0.2) is 0 Å². The van der Waals surface area contributed by atoms with Crippen molar-refractivity contribution in [3.63, 3.8) is 0 Å². The molecule has 106 valence electrons. The zero-order chi connectivity index (χ0) is 13.9. The van der Waals surface area contributed by atoms with E-state index in [0.717, 1.165) is 40.7 Å². The Morgan fingerprint density at radius 1 is 1.40 bits per heavy atom. The summed E-state index contributed by atoms with van der Waals surface area (Å²) in [6.07, 6.45) is 5.13. The Morgan fingerprint density at radius 2 is 2.30 bits per heavy atom. The molecule has 0 fully saturated rings. The first-order valence-corrected chi connectivity index (χ1v) is 7.68. The lowest BCUT2D eigenvalue weighted by molar-refractivity contribution is 0.185. The third kappa shape index (κ3) is 2.63. The molecule has 0 amide bonds. The number of benzene rings is 1. The van der Waals surface area contributed by atoms with Gasteiger partial charge in [0, 0.05) is 34.8 Å². The van der Waals surface area contributed by atoms with Gasteiger partial charge in [-0.1, -0.05) is 22.0 Å². The number of nitrogens with one attached hydrogen (secondary N) is 1. The Morgan fingerprint density at radius 3 is 3.15 bits per heavy atom. The van der Waals surface area contributed by atoms with E-state index in [2.05, 4.69) is 33.4 Å². The molecule has 0 bridgehead atoms. The standard InChI is InChI=1S/C16H18BrNO2/c1-19-10-12-13(17)4-2-5-15(12)18-14-6-3-7-16-11(14)8-9-20-16/h2,4-5,8-9,14,18H,3,6-7,10H2,1H3. The fraction of sp³-hybridized carbons (Fsp3) is 0.375. The van der Waals surface area contributed by atoms with Crippen LogP contribution in [0, 0.1) is 0 Å². The van der Waals surface area contributed by atoms with Gasteiger partial charge in [0.2, 0.25) is 0 Å². The molecule has 0 spiro atoms. The summed E-state index contributed by atoms with van der Waals surface area (Å²) in [6, 6.07) is 8.60. The van der Waals surface area contributed by atoms with Crippen LogP contribution in [0.2, 0.25) is 0 Å². The number of rotatable bonds is 4. The van der Waals surface area contributed by atoms with Crippen LogP contribution in [0.25, 0.3) is 0 Å². The maximum absolute atomic E-state index is 5.55. The largest absolute Gasteiger partial charge is 0.469 e. The van der Waals surface area contributed by atoms with E-state index in [1.165, 1.54) is 5.56 Å². The van der Waals surface area contributed by atoms with Crippen LogP contribution in [-0.2, 0) is 17.8 Å². The SMILES string of the molecule is COCc1c(Br)cccc1NC1CCCc2occc21. The number of hydrogen-bond donors (Lipinski definition) is 1. The van der Waals surface area contributed by atoms with Crippen molar-refractivity contribution in [3.05, 3.63) is 51.9 Å². The summed E-state index contributed by atoms with van der Waals surface area (Å²) in [6.45, 7) is 0.592. The second kappa shape index (κ2) is 6.02. The van der Waals surface area contributed by atoms with E-state index in [1.54, 1.807) is 13.4 Å². The molecular formula is C16H18BrNO2. The van der Waals surface area contributed by atoms with Gasteiger partial charge in [0.25, 0.3) is 0 Å². The molecular weight excluding hydrogens is 318 g/mol. The van der Waals surface area contributed by atoms with Gasteiger partial charge in [-0.3, -0.25) is 0 Å². The molecule has 0 radical (unpaired) electrons. The van der Waals surface area contributed by atoms with Crippen LogP contribution >= 0.6 is 15.9 Å². The molecule has 1 N–H and O–H groups in total. The van der Waals surface area contributed by atoms with Crippen molar-refractivity contribution >= 4 is 21.6 Å². The van der Waals surface area contributed by atoms with E-state index in [1.807, 2.05) is 12.1 Å². The Labute approximate surface area is 127 Å². The van der Waals surface area contributed by atoms with Crippen molar-refractivity contribution in [1.82, 2.24) is 0 Å². The molecule has 0 saturated heterocycles. The maximum Gasteiger partial charge on any atom is 0.109 e. The van der Waals surface area contributed by atoms with Crippen LogP contribution in [0.5, 0.6) is 0 Å². The van der Waals surface area contributed by atoms with Crippen molar-refractivity contribution in [1.29, 1.82) is 0 Å². The van der Waals surface area contributed by atoms with Gasteiger partial charge in [-0.05, 0) is 31.0 Å². The van der Waals surface area contributed by atoms with Gasteiger partial charge in [0.1, 0.15) is 5.76 Å². The highest BCUT2D eigenvalue weighted by Crippen LogP contribution is 2.35. The van der Waals surface area contributed by atoms with Crippen molar-refractivity contribution in [2.24, 2.45) is 0 Å². The molecule has 3 nitrogen and oxygen atoms in total. The van der Waals surface area contributed by atoms with E-state index < -0.39 is 0 Å². The maximum atomic E-state index is 5.55. The van der Waals surface area contributed by atoms with Gasteiger partial charge in [-0.25, -0.2) is 0 Å². The Hall–Kier alpha value is -1.26. The molecule has 20 heavy (non-hydrogen) atoms. The van der Waals surface area contributed by atoms with E-state index >= 15 is 0 Å². The number of fused-ring (bicyclic) bond motifs is 1. The fourth-order valence-electron chi connectivity index (χ4n) is 2.81. The van der Waals surface area contributed by atoms with Crippen LogP contribution in [0.4, 0.5) is 5.69 Å². The first kappa shape index (κ1) is 13.7. The molecule has 1 atom stereocenters. The normalized spacial score (nSPS) is 17.8. The van der Waals surface area contributed by atoms with E-state index in [-0.39, 0.29) is 0 Å². The lowest BCUT2D eigenvalue weighted by atomic mass is 9.93. The Kier molecular flexibility index (Phi) is 4.13. The van der Waals surface area contributed by atoms with Gasteiger partial charge in [0.05, 0.1) is 18.9 Å². The van der Waals surface area contributed by atoms with Crippen molar-refractivity contribution in [2.45, 2.75) is 31.9 Å². The minimum atomic E-state index is 0.322. The van der Waals surface area contributed by atoms with Crippen LogP contribution in [0.15, 0.2) is 39.4 Å². The third-order valence-electron chi connectivity index (χ3n) is 3.79. The molecule has 2 aromatic rings. The minimum absolute atomic E-state index is 0.322. The summed E-state index contributed by atoms with van der Waals surface area (Å²) < 4.78 is 11.9. The van der Waals surface area contributed by atoms with E-state index in [9.17, 15) is 0 Å². The smallest absolute Gasteiger partial charge is 0.109 e. The Balaban J connectivity index is 1.88. The van der Waals surface area contributed by atoms with Crippen LogP contribution < -0.4 is 5.32 Å².